The lowest BCUT2D eigenvalue weighted by molar-refractivity contribution is -0.113. The first-order valence-corrected chi connectivity index (χ1v) is 8.97. The van der Waals surface area contributed by atoms with Crippen LogP contribution in [-0.2, 0) is 11.2 Å². The summed E-state index contributed by atoms with van der Waals surface area (Å²) in [6, 6.07) is 14.8. The van der Waals surface area contributed by atoms with E-state index in [-0.39, 0.29) is 28.3 Å². The van der Waals surface area contributed by atoms with Crippen LogP contribution in [0, 0.1) is 5.82 Å². The Kier molecular flexibility index (Phi) is 5.82. The van der Waals surface area contributed by atoms with Gasteiger partial charge in [0.2, 0.25) is 11.1 Å². The number of nitrogens with two attached hydrogens (primary N) is 1. The van der Waals surface area contributed by atoms with E-state index in [2.05, 4.69) is 15.5 Å². The molecular formula is C18H16FN5O2S. The van der Waals surface area contributed by atoms with E-state index in [1.807, 2.05) is 30.3 Å². The highest BCUT2D eigenvalue weighted by Crippen LogP contribution is 2.14. The second-order valence-corrected chi connectivity index (χ2v) is 6.55. The monoisotopic (exact) mass is 385 g/mol. The molecule has 0 saturated carbocycles. The summed E-state index contributed by atoms with van der Waals surface area (Å²) in [5.41, 5.74) is 1.15. The number of anilines is 1. The summed E-state index contributed by atoms with van der Waals surface area (Å²) in [5, 5.41) is 10.6. The van der Waals surface area contributed by atoms with Crippen LogP contribution in [0.15, 0.2) is 64.5 Å². The van der Waals surface area contributed by atoms with Crippen molar-refractivity contribution in [3.63, 3.8) is 0 Å². The molecule has 3 aromatic rings. The molecule has 0 fully saturated rings. The molecule has 0 spiro atoms. The van der Waals surface area contributed by atoms with Gasteiger partial charge in [-0.1, -0.05) is 42.1 Å². The fourth-order valence-corrected chi connectivity index (χ4v) is 2.93. The van der Waals surface area contributed by atoms with E-state index in [4.69, 9.17) is 5.84 Å². The number of nitrogens with zero attached hydrogens (tertiary/aromatic N) is 3. The number of nitrogens with one attached hydrogen (secondary N) is 1. The molecule has 0 atom stereocenters. The van der Waals surface area contributed by atoms with E-state index < -0.39 is 5.56 Å². The average molecular weight is 385 g/mol. The van der Waals surface area contributed by atoms with Gasteiger partial charge in [-0.25, -0.2) is 4.39 Å². The molecule has 0 aliphatic heterocycles. The van der Waals surface area contributed by atoms with Crippen molar-refractivity contribution < 1.29 is 9.18 Å². The maximum Gasteiger partial charge on any atom is 0.294 e. The molecule has 7 nitrogen and oxygen atoms in total. The van der Waals surface area contributed by atoms with Crippen LogP contribution in [0.25, 0.3) is 0 Å². The number of halogens is 1. The lowest BCUT2D eigenvalue weighted by Crippen LogP contribution is -2.34. The zero-order valence-corrected chi connectivity index (χ0v) is 14.9. The van der Waals surface area contributed by atoms with Gasteiger partial charge in [0, 0.05) is 12.1 Å². The van der Waals surface area contributed by atoms with Crippen LogP contribution >= 0.6 is 11.8 Å². The van der Waals surface area contributed by atoms with Crippen molar-refractivity contribution in [2.24, 2.45) is 0 Å². The second-order valence-electron chi connectivity index (χ2n) is 5.61. The zero-order chi connectivity index (χ0) is 19.2. The molecule has 0 unspecified atom stereocenters. The summed E-state index contributed by atoms with van der Waals surface area (Å²) in [7, 11) is 0. The maximum atomic E-state index is 12.9. The first-order valence-electron chi connectivity index (χ1n) is 7.99. The van der Waals surface area contributed by atoms with Gasteiger partial charge in [-0.05, 0) is 29.8 Å². The average Bonchev–Trinajstić information content (AvgIpc) is 2.67. The molecule has 27 heavy (non-hydrogen) atoms. The van der Waals surface area contributed by atoms with Crippen molar-refractivity contribution in [1.29, 1.82) is 0 Å². The van der Waals surface area contributed by atoms with Crippen LogP contribution in [-0.4, -0.2) is 26.5 Å². The van der Waals surface area contributed by atoms with Crippen molar-refractivity contribution in [2.45, 2.75) is 11.6 Å². The Bertz CT molecular complexity index is 993. The molecule has 0 aliphatic rings. The fraction of sp³-hybridized carbons (Fsp3) is 0.111. The van der Waals surface area contributed by atoms with Gasteiger partial charge in [0.15, 0.2) is 0 Å². The Morgan fingerprint density at radius 3 is 2.52 bits per heavy atom. The number of amides is 1. The van der Waals surface area contributed by atoms with E-state index >= 15 is 0 Å². The summed E-state index contributed by atoms with van der Waals surface area (Å²) in [4.78, 5) is 24.3. The number of thioether (sulfide) groups is 1. The topological polar surface area (TPSA) is 103 Å². The van der Waals surface area contributed by atoms with Gasteiger partial charge in [-0.3, -0.25) is 9.59 Å². The Morgan fingerprint density at radius 1 is 1.11 bits per heavy atom. The van der Waals surface area contributed by atoms with Gasteiger partial charge in [0.05, 0.1) is 5.75 Å². The Morgan fingerprint density at radius 2 is 1.81 bits per heavy atom. The van der Waals surface area contributed by atoms with Crippen LogP contribution in [0.2, 0.25) is 0 Å². The third-order valence-electron chi connectivity index (χ3n) is 3.60. The van der Waals surface area contributed by atoms with Crippen molar-refractivity contribution in [1.82, 2.24) is 14.9 Å². The van der Waals surface area contributed by atoms with Gasteiger partial charge >= 0.3 is 0 Å². The van der Waals surface area contributed by atoms with Crippen molar-refractivity contribution in [3.05, 3.63) is 82.0 Å². The highest BCUT2D eigenvalue weighted by atomic mass is 32.2. The minimum atomic E-state index is -0.463. The van der Waals surface area contributed by atoms with Gasteiger partial charge < -0.3 is 11.2 Å². The van der Waals surface area contributed by atoms with Crippen molar-refractivity contribution in [2.75, 3.05) is 16.9 Å². The largest absolute Gasteiger partial charge is 0.334 e. The summed E-state index contributed by atoms with van der Waals surface area (Å²) in [6.45, 7) is 0. The highest BCUT2D eigenvalue weighted by Gasteiger charge is 2.13. The molecule has 0 aliphatic carbocycles. The van der Waals surface area contributed by atoms with Crippen molar-refractivity contribution in [3.8, 4) is 0 Å². The predicted octanol–water partition coefficient (Wildman–Crippen LogP) is 1.81. The minimum absolute atomic E-state index is 0.0271. The van der Waals surface area contributed by atoms with Crippen LogP contribution in [0.3, 0.4) is 0 Å². The number of hydrogen-bond acceptors (Lipinski definition) is 6. The minimum Gasteiger partial charge on any atom is -0.334 e. The van der Waals surface area contributed by atoms with Gasteiger partial charge in [-0.2, -0.15) is 4.68 Å². The molecule has 3 rings (SSSR count). The number of benzene rings is 2. The number of rotatable bonds is 6. The summed E-state index contributed by atoms with van der Waals surface area (Å²) >= 11 is 0.985. The third-order valence-corrected chi connectivity index (χ3v) is 4.55. The van der Waals surface area contributed by atoms with Crippen LogP contribution < -0.4 is 16.7 Å². The van der Waals surface area contributed by atoms with Gasteiger partial charge in [0.25, 0.3) is 5.56 Å². The number of aromatic nitrogens is 3. The summed E-state index contributed by atoms with van der Waals surface area (Å²) in [6.07, 6.45) is 0.319. The number of carbonyl (C=O) groups is 1. The summed E-state index contributed by atoms with van der Waals surface area (Å²) in [5.74, 6) is 5.05. The molecule has 1 heterocycles. The Balaban J connectivity index is 1.63. The van der Waals surface area contributed by atoms with Crippen LogP contribution in [0.4, 0.5) is 10.1 Å². The normalized spacial score (nSPS) is 10.6. The molecule has 1 aromatic heterocycles. The number of nitrogen functional groups attached to an aromatic ring is 1. The molecule has 9 heteroatoms. The van der Waals surface area contributed by atoms with E-state index in [9.17, 15) is 14.0 Å². The quantitative estimate of drug-likeness (QED) is 0.496. The molecule has 0 radical (unpaired) electrons. The van der Waals surface area contributed by atoms with E-state index in [1.165, 1.54) is 24.3 Å². The van der Waals surface area contributed by atoms with Crippen LogP contribution in [0.1, 0.15) is 11.3 Å². The zero-order valence-electron chi connectivity index (χ0n) is 14.1. The van der Waals surface area contributed by atoms with E-state index in [1.54, 1.807) is 0 Å². The highest BCUT2D eigenvalue weighted by molar-refractivity contribution is 7.99. The first kappa shape index (κ1) is 18.6. The lowest BCUT2D eigenvalue weighted by atomic mass is 10.1. The second kappa shape index (κ2) is 8.45. The Labute approximate surface area is 158 Å². The fourth-order valence-electron chi connectivity index (χ4n) is 2.28. The third kappa shape index (κ3) is 4.91. The van der Waals surface area contributed by atoms with Gasteiger partial charge in [0.1, 0.15) is 11.5 Å². The number of hydrogen-bond donors (Lipinski definition) is 2. The maximum absolute atomic E-state index is 12.9. The standard InChI is InChI=1S/C18H16FN5O2S/c19-13-6-8-14(9-7-13)21-16(25)11-27-18-23-22-15(17(26)24(18)20)10-12-4-2-1-3-5-12/h1-9H,10-11,20H2,(H,21,25). The predicted molar refractivity (Wildman–Crippen MR) is 101 cm³/mol. The smallest absolute Gasteiger partial charge is 0.294 e. The van der Waals surface area contributed by atoms with E-state index in [0.29, 0.717) is 12.1 Å². The van der Waals surface area contributed by atoms with Gasteiger partial charge in [-0.15, -0.1) is 10.2 Å². The molecule has 0 saturated heterocycles. The first-order chi connectivity index (χ1) is 13.0. The summed E-state index contributed by atoms with van der Waals surface area (Å²) < 4.78 is 13.8. The lowest BCUT2D eigenvalue weighted by Gasteiger charge is -2.08. The molecule has 138 valence electrons. The molecule has 2 aromatic carbocycles. The van der Waals surface area contributed by atoms with Crippen LogP contribution in [0.5, 0.6) is 0 Å². The Hall–Kier alpha value is -3.20. The van der Waals surface area contributed by atoms with E-state index in [0.717, 1.165) is 22.0 Å². The molecule has 0 bridgehead atoms. The molecular weight excluding hydrogens is 369 g/mol. The molecule has 3 N–H and O–H groups in total. The molecule has 1 amide bonds. The number of carbonyl (C=O) groups excluding carboxylic acids is 1. The van der Waals surface area contributed by atoms with Crippen molar-refractivity contribution >= 4 is 23.4 Å². The SMILES string of the molecule is Nn1c(SCC(=O)Nc2ccc(F)cc2)nnc(Cc2ccccc2)c1=O.